The Balaban J connectivity index is 1.98. The fourth-order valence-corrected chi connectivity index (χ4v) is 4.10. The fraction of sp³-hybridized carbons (Fsp3) is 0.471. The first-order chi connectivity index (χ1) is 12.7. The van der Waals surface area contributed by atoms with Crippen LogP contribution in [0.2, 0.25) is 5.02 Å². The quantitative estimate of drug-likeness (QED) is 0.812. The molecule has 10 heteroatoms. The van der Waals surface area contributed by atoms with Gasteiger partial charge in [0.1, 0.15) is 5.82 Å². The van der Waals surface area contributed by atoms with Crippen LogP contribution < -0.4 is 10.6 Å². The summed E-state index contributed by atoms with van der Waals surface area (Å²) in [4.78, 5) is 14.9. The Labute approximate surface area is 163 Å². The van der Waals surface area contributed by atoms with Gasteiger partial charge in [-0.15, -0.1) is 0 Å². The molecule has 1 fully saturated rings. The number of nitrogens with two attached hydrogens (primary N) is 1. The molecule has 1 aliphatic rings. The van der Waals surface area contributed by atoms with Crippen molar-refractivity contribution in [2.24, 2.45) is 0 Å². The van der Waals surface area contributed by atoms with E-state index in [0.29, 0.717) is 36.3 Å². The molecule has 2 N–H and O–H groups in total. The van der Waals surface area contributed by atoms with E-state index in [0.717, 1.165) is 17.7 Å². The Morgan fingerprint density at radius 2 is 2.15 bits per heavy atom. The van der Waals surface area contributed by atoms with Gasteiger partial charge < -0.3 is 15.4 Å². The third-order valence-corrected chi connectivity index (χ3v) is 5.35. The predicted octanol–water partition coefficient (Wildman–Crippen LogP) is 1.93. The second-order valence-corrected chi connectivity index (χ2v) is 9.18. The molecule has 1 unspecified atom stereocenters. The molecule has 27 heavy (non-hydrogen) atoms. The van der Waals surface area contributed by atoms with Crippen LogP contribution in [0.25, 0.3) is 0 Å². The smallest absolute Gasteiger partial charge is 0.222 e. The predicted molar refractivity (Wildman–Crippen MR) is 104 cm³/mol. The van der Waals surface area contributed by atoms with E-state index >= 15 is 0 Å². The molecular weight excluding hydrogens is 390 g/mol. The summed E-state index contributed by atoms with van der Waals surface area (Å²) in [6, 6.07) is 3.25. The third-order valence-electron chi connectivity index (χ3n) is 4.20. The minimum absolute atomic E-state index is 0.153. The standard InChI is InChI=1S/C17H22ClN5O3S/c1-11-6-16(22-17(19)21-11)23-4-3-5-26-9-15(23)13-8-20-12(7-14(13)18)10-27(2,24)25/h6-8,15H,3-5,9-10H2,1-2H3,(H2,19,21,22). The molecule has 0 bridgehead atoms. The average molecular weight is 412 g/mol. The van der Waals surface area contributed by atoms with Gasteiger partial charge in [0, 0.05) is 48.0 Å². The molecule has 0 aromatic carbocycles. The molecule has 0 spiro atoms. The van der Waals surface area contributed by atoms with Gasteiger partial charge in [-0.1, -0.05) is 11.6 Å². The van der Waals surface area contributed by atoms with Gasteiger partial charge >= 0.3 is 0 Å². The number of aryl methyl sites for hydroxylation is 1. The van der Waals surface area contributed by atoms with Crippen molar-refractivity contribution in [1.82, 2.24) is 15.0 Å². The second-order valence-electron chi connectivity index (χ2n) is 6.63. The zero-order chi connectivity index (χ0) is 19.6. The van der Waals surface area contributed by atoms with Crippen LogP contribution in [-0.4, -0.2) is 49.4 Å². The Kier molecular flexibility index (Phi) is 5.83. The van der Waals surface area contributed by atoms with Crippen LogP contribution in [0.3, 0.4) is 0 Å². The summed E-state index contributed by atoms with van der Waals surface area (Å²) in [5, 5.41) is 0.447. The van der Waals surface area contributed by atoms with Crippen molar-refractivity contribution in [2.45, 2.75) is 25.1 Å². The van der Waals surface area contributed by atoms with Crippen molar-refractivity contribution in [3.05, 3.63) is 40.3 Å². The van der Waals surface area contributed by atoms with Crippen molar-refractivity contribution in [2.75, 3.05) is 36.6 Å². The number of ether oxygens (including phenoxy) is 1. The highest BCUT2D eigenvalue weighted by atomic mass is 35.5. The Hall–Kier alpha value is -1.97. The van der Waals surface area contributed by atoms with Crippen molar-refractivity contribution in [3.8, 4) is 0 Å². The molecule has 0 radical (unpaired) electrons. The molecule has 8 nitrogen and oxygen atoms in total. The van der Waals surface area contributed by atoms with Crippen LogP contribution in [0.5, 0.6) is 0 Å². The highest BCUT2D eigenvalue weighted by Gasteiger charge is 2.27. The first-order valence-electron chi connectivity index (χ1n) is 8.50. The number of aromatic nitrogens is 3. The number of hydrogen-bond acceptors (Lipinski definition) is 8. The maximum absolute atomic E-state index is 11.5. The number of hydrogen-bond donors (Lipinski definition) is 1. The van der Waals surface area contributed by atoms with Crippen molar-refractivity contribution < 1.29 is 13.2 Å². The Morgan fingerprint density at radius 1 is 1.37 bits per heavy atom. The maximum Gasteiger partial charge on any atom is 0.222 e. The second kappa shape index (κ2) is 7.95. The van der Waals surface area contributed by atoms with Gasteiger partial charge in [-0.05, 0) is 19.4 Å². The molecule has 1 saturated heterocycles. The molecule has 2 aromatic heterocycles. The minimum Gasteiger partial charge on any atom is -0.379 e. The van der Waals surface area contributed by atoms with Crippen LogP contribution >= 0.6 is 11.6 Å². The fourth-order valence-electron chi connectivity index (χ4n) is 3.10. The number of nitrogen functional groups attached to an aromatic ring is 1. The number of nitrogens with zero attached hydrogens (tertiary/aromatic N) is 4. The highest BCUT2D eigenvalue weighted by Crippen LogP contribution is 2.33. The normalized spacial score (nSPS) is 18.3. The molecule has 2 aromatic rings. The first-order valence-corrected chi connectivity index (χ1v) is 10.9. The summed E-state index contributed by atoms with van der Waals surface area (Å²) in [7, 11) is -3.19. The summed E-state index contributed by atoms with van der Waals surface area (Å²) in [5.41, 5.74) is 7.76. The van der Waals surface area contributed by atoms with Crippen LogP contribution in [0.1, 0.15) is 29.4 Å². The van der Waals surface area contributed by atoms with E-state index in [4.69, 9.17) is 22.1 Å². The van der Waals surface area contributed by atoms with Crippen molar-refractivity contribution in [1.29, 1.82) is 0 Å². The number of anilines is 2. The van der Waals surface area contributed by atoms with E-state index in [-0.39, 0.29) is 17.7 Å². The first kappa shape index (κ1) is 19.8. The van der Waals surface area contributed by atoms with Crippen LogP contribution in [0.4, 0.5) is 11.8 Å². The number of halogens is 1. The molecule has 146 valence electrons. The summed E-state index contributed by atoms with van der Waals surface area (Å²) < 4.78 is 28.8. The molecule has 3 heterocycles. The molecular formula is C17H22ClN5O3S. The summed E-state index contributed by atoms with van der Waals surface area (Å²) in [6.07, 6.45) is 3.61. The van der Waals surface area contributed by atoms with Gasteiger partial charge in [0.15, 0.2) is 9.84 Å². The molecule has 0 saturated carbocycles. The van der Waals surface area contributed by atoms with Gasteiger partial charge in [-0.2, -0.15) is 4.98 Å². The van der Waals surface area contributed by atoms with Crippen molar-refractivity contribution >= 4 is 33.2 Å². The van der Waals surface area contributed by atoms with E-state index in [1.165, 1.54) is 6.26 Å². The molecule has 0 aliphatic carbocycles. The SMILES string of the molecule is Cc1cc(N2CCCOCC2c2cnc(CS(C)(=O)=O)cc2Cl)nc(N)n1. The van der Waals surface area contributed by atoms with Gasteiger partial charge in [0.05, 0.1) is 24.1 Å². The van der Waals surface area contributed by atoms with E-state index in [1.54, 1.807) is 12.3 Å². The van der Waals surface area contributed by atoms with E-state index < -0.39 is 9.84 Å². The number of rotatable bonds is 4. The zero-order valence-corrected chi connectivity index (χ0v) is 16.8. The maximum atomic E-state index is 11.5. The van der Waals surface area contributed by atoms with E-state index in [9.17, 15) is 8.42 Å². The summed E-state index contributed by atoms with van der Waals surface area (Å²) in [6.45, 7) is 3.61. The lowest BCUT2D eigenvalue weighted by Gasteiger charge is -2.31. The lowest BCUT2D eigenvalue weighted by Crippen LogP contribution is -2.32. The summed E-state index contributed by atoms with van der Waals surface area (Å²) in [5.74, 6) is 0.757. The molecule has 3 rings (SSSR count). The molecule has 1 aliphatic heterocycles. The topological polar surface area (TPSA) is 111 Å². The van der Waals surface area contributed by atoms with Gasteiger partial charge in [-0.25, -0.2) is 13.4 Å². The summed E-state index contributed by atoms with van der Waals surface area (Å²) >= 11 is 6.49. The highest BCUT2D eigenvalue weighted by molar-refractivity contribution is 7.89. The number of sulfone groups is 1. The largest absolute Gasteiger partial charge is 0.379 e. The molecule has 1 atom stereocenters. The van der Waals surface area contributed by atoms with Crippen LogP contribution in [0.15, 0.2) is 18.3 Å². The Morgan fingerprint density at radius 3 is 2.81 bits per heavy atom. The Bertz CT molecular complexity index is 918. The zero-order valence-electron chi connectivity index (χ0n) is 15.2. The van der Waals surface area contributed by atoms with Crippen LogP contribution in [0, 0.1) is 6.92 Å². The molecule has 0 amide bonds. The monoisotopic (exact) mass is 411 g/mol. The van der Waals surface area contributed by atoms with Gasteiger partial charge in [-0.3, -0.25) is 4.98 Å². The average Bonchev–Trinajstić information content (AvgIpc) is 2.78. The van der Waals surface area contributed by atoms with E-state index in [2.05, 4.69) is 19.9 Å². The van der Waals surface area contributed by atoms with E-state index in [1.807, 2.05) is 13.0 Å². The van der Waals surface area contributed by atoms with Gasteiger partial charge in [0.25, 0.3) is 0 Å². The van der Waals surface area contributed by atoms with Crippen molar-refractivity contribution in [3.63, 3.8) is 0 Å². The lowest BCUT2D eigenvalue weighted by atomic mass is 10.1. The number of pyridine rings is 1. The van der Waals surface area contributed by atoms with Gasteiger partial charge in [0.2, 0.25) is 5.95 Å². The lowest BCUT2D eigenvalue weighted by molar-refractivity contribution is 0.134. The third kappa shape index (κ3) is 5.06. The minimum atomic E-state index is -3.19. The van der Waals surface area contributed by atoms with Crippen LogP contribution in [-0.2, 0) is 20.3 Å².